The molecule has 1 fully saturated rings. The highest BCUT2D eigenvalue weighted by atomic mass is 16.6. The third kappa shape index (κ3) is 4.81. The van der Waals surface area contributed by atoms with Gasteiger partial charge in [-0.25, -0.2) is 4.79 Å². The van der Waals surface area contributed by atoms with Gasteiger partial charge < -0.3 is 10.1 Å². The summed E-state index contributed by atoms with van der Waals surface area (Å²) < 4.78 is 5.34. The van der Waals surface area contributed by atoms with Gasteiger partial charge >= 0.3 is 6.09 Å². The second kappa shape index (κ2) is 6.73. The molecule has 0 bridgehead atoms. The standard InChI is InChI=1S/C19H27NO3/c1-14-6-5-7-15(12-14)19(10-8-16(21)9-11-19)13-20-17(22)23-18(2,3)4/h5-7,12H,8-11,13H2,1-4H3,(H,20,22). The lowest BCUT2D eigenvalue weighted by atomic mass is 9.69. The number of Topliss-reactive ketones (excluding diaryl/α,β-unsaturated/α-hetero) is 1. The van der Waals surface area contributed by atoms with Crippen molar-refractivity contribution in [1.82, 2.24) is 5.32 Å². The molecular formula is C19H27NO3. The Balaban J connectivity index is 2.15. The summed E-state index contributed by atoms with van der Waals surface area (Å²) in [6.07, 6.45) is 2.28. The number of hydrogen-bond acceptors (Lipinski definition) is 3. The Morgan fingerprint density at radius 1 is 1.26 bits per heavy atom. The fourth-order valence-electron chi connectivity index (χ4n) is 3.11. The molecule has 1 aromatic rings. The second-order valence-electron chi connectivity index (χ2n) is 7.54. The van der Waals surface area contributed by atoms with E-state index < -0.39 is 11.7 Å². The molecule has 1 aromatic carbocycles. The maximum Gasteiger partial charge on any atom is 0.407 e. The quantitative estimate of drug-likeness (QED) is 0.920. The fourth-order valence-corrected chi connectivity index (χ4v) is 3.11. The molecule has 0 aromatic heterocycles. The predicted molar refractivity (Wildman–Crippen MR) is 90.6 cm³/mol. The van der Waals surface area contributed by atoms with Crippen LogP contribution in [0.25, 0.3) is 0 Å². The van der Waals surface area contributed by atoms with Crippen LogP contribution in [-0.2, 0) is 14.9 Å². The van der Waals surface area contributed by atoms with Crippen LogP contribution in [-0.4, -0.2) is 24.0 Å². The lowest BCUT2D eigenvalue weighted by Gasteiger charge is -2.38. The van der Waals surface area contributed by atoms with Crippen LogP contribution in [0.5, 0.6) is 0 Å². The first kappa shape index (κ1) is 17.5. The molecule has 1 aliphatic rings. The van der Waals surface area contributed by atoms with Gasteiger partial charge in [0.05, 0.1) is 0 Å². The Bertz CT molecular complexity index is 577. The van der Waals surface area contributed by atoms with E-state index in [2.05, 4.69) is 30.4 Å². The molecule has 0 radical (unpaired) electrons. The Morgan fingerprint density at radius 3 is 2.48 bits per heavy atom. The largest absolute Gasteiger partial charge is 0.444 e. The number of rotatable bonds is 3. The van der Waals surface area contributed by atoms with E-state index >= 15 is 0 Å². The van der Waals surface area contributed by atoms with E-state index in [9.17, 15) is 9.59 Å². The Hall–Kier alpha value is -1.84. The van der Waals surface area contributed by atoms with Crippen molar-refractivity contribution in [2.45, 2.75) is 64.4 Å². The molecule has 23 heavy (non-hydrogen) atoms. The van der Waals surface area contributed by atoms with Gasteiger partial charge in [0, 0.05) is 24.8 Å². The number of aryl methyl sites for hydroxylation is 1. The van der Waals surface area contributed by atoms with Crippen LogP contribution in [0.1, 0.15) is 57.6 Å². The molecule has 0 unspecified atom stereocenters. The average molecular weight is 317 g/mol. The molecule has 0 spiro atoms. The number of ketones is 1. The summed E-state index contributed by atoms with van der Waals surface area (Å²) in [6, 6.07) is 8.36. The average Bonchev–Trinajstić information content (AvgIpc) is 2.45. The van der Waals surface area contributed by atoms with E-state index in [4.69, 9.17) is 4.74 Å². The maximum absolute atomic E-state index is 12.0. The lowest BCUT2D eigenvalue weighted by Crippen LogP contribution is -2.45. The Kier molecular flexibility index (Phi) is 5.12. The smallest absolute Gasteiger partial charge is 0.407 e. The summed E-state index contributed by atoms with van der Waals surface area (Å²) in [6.45, 7) is 8.11. The topological polar surface area (TPSA) is 55.4 Å². The molecule has 0 aliphatic heterocycles. The predicted octanol–water partition coefficient (Wildman–Crippen LogP) is 3.90. The van der Waals surface area contributed by atoms with E-state index in [0.717, 1.165) is 12.8 Å². The number of hydrogen-bond donors (Lipinski definition) is 1. The van der Waals surface area contributed by atoms with Gasteiger partial charge in [0.15, 0.2) is 0 Å². The van der Waals surface area contributed by atoms with E-state index in [1.807, 2.05) is 26.8 Å². The normalized spacial score (nSPS) is 17.7. The van der Waals surface area contributed by atoms with Crippen molar-refractivity contribution in [3.05, 3.63) is 35.4 Å². The number of alkyl carbamates (subject to hydrolysis) is 1. The Labute approximate surface area is 138 Å². The second-order valence-corrected chi connectivity index (χ2v) is 7.54. The summed E-state index contributed by atoms with van der Waals surface area (Å²) in [4.78, 5) is 23.7. The molecule has 4 heteroatoms. The number of nitrogens with one attached hydrogen (secondary N) is 1. The summed E-state index contributed by atoms with van der Waals surface area (Å²) in [7, 11) is 0. The molecule has 1 N–H and O–H groups in total. The van der Waals surface area contributed by atoms with Crippen molar-refractivity contribution in [2.24, 2.45) is 0 Å². The first-order chi connectivity index (χ1) is 10.7. The van der Waals surface area contributed by atoms with Crippen molar-refractivity contribution < 1.29 is 14.3 Å². The first-order valence-corrected chi connectivity index (χ1v) is 8.26. The molecule has 126 valence electrons. The highest BCUT2D eigenvalue weighted by Crippen LogP contribution is 2.38. The monoisotopic (exact) mass is 317 g/mol. The van der Waals surface area contributed by atoms with Crippen LogP contribution >= 0.6 is 0 Å². The van der Waals surface area contributed by atoms with E-state index in [1.165, 1.54) is 11.1 Å². The minimum atomic E-state index is -0.511. The third-order valence-corrected chi connectivity index (χ3v) is 4.37. The first-order valence-electron chi connectivity index (χ1n) is 8.26. The van der Waals surface area contributed by atoms with Crippen LogP contribution in [0.15, 0.2) is 24.3 Å². The molecular weight excluding hydrogens is 290 g/mol. The Morgan fingerprint density at radius 2 is 1.91 bits per heavy atom. The molecule has 0 saturated heterocycles. The molecule has 0 heterocycles. The fraction of sp³-hybridized carbons (Fsp3) is 0.579. The van der Waals surface area contributed by atoms with Gasteiger partial charge in [-0.2, -0.15) is 0 Å². The molecule has 1 amide bonds. The molecule has 1 saturated carbocycles. The SMILES string of the molecule is Cc1cccc(C2(CNC(=O)OC(C)(C)C)CCC(=O)CC2)c1. The summed E-state index contributed by atoms with van der Waals surface area (Å²) in [5.74, 6) is 0.311. The minimum Gasteiger partial charge on any atom is -0.444 e. The highest BCUT2D eigenvalue weighted by molar-refractivity contribution is 5.79. The number of benzene rings is 1. The lowest BCUT2D eigenvalue weighted by molar-refractivity contribution is -0.121. The van der Waals surface area contributed by atoms with Crippen LogP contribution in [0.3, 0.4) is 0 Å². The van der Waals surface area contributed by atoms with Crippen LogP contribution in [0.2, 0.25) is 0 Å². The van der Waals surface area contributed by atoms with Gasteiger partial charge in [-0.1, -0.05) is 29.8 Å². The zero-order valence-electron chi connectivity index (χ0n) is 14.6. The zero-order valence-corrected chi connectivity index (χ0v) is 14.6. The number of amides is 1. The van der Waals surface area contributed by atoms with Gasteiger partial charge in [-0.3, -0.25) is 4.79 Å². The van der Waals surface area contributed by atoms with Gasteiger partial charge in [-0.15, -0.1) is 0 Å². The van der Waals surface area contributed by atoms with Gasteiger partial charge in [0.1, 0.15) is 11.4 Å². The highest BCUT2D eigenvalue weighted by Gasteiger charge is 2.37. The van der Waals surface area contributed by atoms with Gasteiger partial charge in [-0.05, 0) is 46.1 Å². The van der Waals surface area contributed by atoms with Crippen molar-refractivity contribution in [3.63, 3.8) is 0 Å². The summed E-state index contributed by atoms with van der Waals surface area (Å²) in [5, 5.41) is 2.91. The molecule has 4 nitrogen and oxygen atoms in total. The zero-order chi connectivity index (χ0) is 17.1. The number of carbonyl (C=O) groups excluding carboxylic acids is 2. The van der Waals surface area contributed by atoms with Gasteiger partial charge in [0.2, 0.25) is 0 Å². The van der Waals surface area contributed by atoms with Crippen LogP contribution < -0.4 is 5.32 Å². The molecule has 0 atom stereocenters. The van der Waals surface area contributed by atoms with E-state index in [1.54, 1.807) is 0 Å². The van der Waals surface area contributed by atoms with E-state index in [0.29, 0.717) is 25.2 Å². The van der Waals surface area contributed by atoms with Crippen molar-refractivity contribution in [2.75, 3.05) is 6.54 Å². The van der Waals surface area contributed by atoms with Crippen molar-refractivity contribution >= 4 is 11.9 Å². The van der Waals surface area contributed by atoms with Crippen molar-refractivity contribution in [3.8, 4) is 0 Å². The van der Waals surface area contributed by atoms with Crippen LogP contribution in [0.4, 0.5) is 4.79 Å². The molecule has 1 aliphatic carbocycles. The minimum absolute atomic E-state index is 0.184. The summed E-state index contributed by atoms with van der Waals surface area (Å²) >= 11 is 0. The van der Waals surface area contributed by atoms with Gasteiger partial charge in [0.25, 0.3) is 0 Å². The third-order valence-electron chi connectivity index (χ3n) is 4.37. The molecule has 2 rings (SSSR count). The van der Waals surface area contributed by atoms with Crippen molar-refractivity contribution in [1.29, 1.82) is 0 Å². The summed E-state index contributed by atoms with van der Waals surface area (Å²) in [5.41, 5.74) is 1.69. The number of ether oxygens (including phenoxy) is 1. The maximum atomic E-state index is 12.0. The van der Waals surface area contributed by atoms with Crippen LogP contribution in [0, 0.1) is 6.92 Å². The number of carbonyl (C=O) groups is 2. The van der Waals surface area contributed by atoms with E-state index in [-0.39, 0.29) is 5.41 Å².